The Hall–Kier alpha value is -3.07. The molecule has 2 rings (SSSR count). The Balaban J connectivity index is 2.39. The number of carbonyl (C=O) groups is 2. The van der Waals surface area contributed by atoms with Gasteiger partial charge in [-0.05, 0) is 43.2 Å². The van der Waals surface area contributed by atoms with Crippen molar-refractivity contribution in [2.24, 2.45) is 0 Å². The molecule has 0 fully saturated rings. The maximum atomic E-state index is 13.4. The molecule has 0 bridgehead atoms. The molecule has 1 N–H and O–H groups in total. The third-order valence-electron chi connectivity index (χ3n) is 4.97. The van der Waals surface area contributed by atoms with Crippen molar-refractivity contribution in [2.75, 3.05) is 30.8 Å². The van der Waals surface area contributed by atoms with Crippen LogP contribution in [0.1, 0.15) is 25.8 Å². The van der Waals surface area contributed by atoms with E-state index in [1.54, 1.807) is 56.5 Å². The molecular weight excluding hydrogens is 430 g/mol. The van der Waals surface area contributed by atoms with Crippen LogP contribution in [0, 0.1) is 0 Å². The minimum absolute atomic E-state index is 0.158. The number of carbonyl (C=O) groups excluding carboxylic acids is 2. The summed E-state index contributed by atoms with van der Waals surface area (Å²) in [5.41, 5.74) is 1.19. The number of para-hydroxylation sites is 1. The number of rotatable bonds is 11. The van der Waals surface area contributed by atoms with Gasteiger partial charge >= 0.3 is 0 Å². The monoisotopic (exact) mass is 461 g/mol. The second-order valence-electron chi connectivity index (χ2n) is 7.29. The van der Waals surface area contributed by atoms with Gasteiger partial charge in [0.25, 0.3) is 0 Å². The fourth-order valence-electron chi connectivity index (χ4n) is 3.35. The molecule has 0 aliphatic carbocycles. The quantitative estimate of drug-likeness (QED) is 0.554. The summed E-state index contributed by atoms with van der Waals surface area (Å²) >= 11 is 0. The van der Waals surface area contributed by atoms with Gasteiger partial charge in [-0.1, -0.05) is 37.3 Å². The number of methoxy groups -OCH3 is 1. The lowest BCUT2D eigenvalue weighted by Crippen LogP contribution is -2.52. The van der Waals surface area contributed by atoms with Gasteiger partial charge in [-0.2, -0.15) is 0 Å². The summed E-state index contributed by atoms with van der Waals surface area (Å²) in [5.74, 6) is -0.0644. The third-order valence-corrected chi connectivity index (χ3v) is 6.11. The summed E-state index contributed by atoms with van der Waals surface area (Å²) in [6, 6.07) is 14.9. The highest BCUT2D eigenvalue weighted by Crippen LogP contribution is 2.20. The Kier molecular flexibility index (Phi) is 9.07. The van der Waals surface area contributed by atoms with Gasteiger partial charge in [0.1, 0.15) is 18.3 Å². The molecular formula is C23H31N3O5S. The van der Waals surface area contributed by atoms with Gasteiger partial charge < -0.3 is 15.0 Å². The fraction of sp³-hybridized carbons (Fsp3) is 0.391. The standard InChI is InChI=1S/C23H31N3O5S/c1-5-21(23(28)24-6-2)25(16-18-12-14-20(31-3)15-13-18)22(27)17-26(32(4,29)30)19-10-8-7-9-11-19/h7-15,21H,5-6,16-17H2,1-4H3,(H,24,28). The molecule has 2 aromatic rings. The first-order valence-electron chi connectivity index (χ1n) is 10.4. The summed E-state index contributed by atoms with van der Waals surface area (Å²) < 4.78 is 31.2. The van der Waals surface area contributed by atoms with Gasteiger partial charge in [0.05, 0.1) is 19.1 Å². The Morgan fingerprint density at radius 2 is 1.66 bits per heavy atom. The number of nitrogens with zero attached hydrogens (tertiary/aromatic N) is 2. The van der Waals surface area contributed by atoms with E-state index in [2.05, 4.69) is 5.32 Å². The lowest BCUT2D eigenvalue weighted by atomic mass is 10.1. The van der Waals surface area contributed by atoms with Crippen LogP contribution in [0.25, 0.3) is 0 Å². The molecule has 0 aromatic heterocycles. The van der Waals surface area contributed by atoms with Gasteiger partial charge in [0.15, 0.2) is 0 Å². The van der Waals surface area contributed by atoms with Crippen molar-refractivity contribution >= 4 is 27.5 Å². The Labute approximate surface area is 190 Å². The highest BCUT2D eigenvalue weighted by molar-refractivity contribution is 7.92. The lowest BCUT2D eigenvalue weighted by Gasteiger charge is -2.32. The van der Waals surface area contributed by atoms with Gasteiger partial charge in [-0.3, -0.25) is 13.9 Å². The second kappa shape index (κ2) is 11.5. The Morgan fingerprint density at radius 3 is 2.16 bits per heavy atom. The van der Waals surface area contributed by atoms with Crippen molar-refractivity contribution in [1.82, 2.24) is 10.2 Å². The van der Waals surface area contributed by atoms with E-state index in [4.69, 9.17) is 4.74 Å². The average molecular weight is 462 g/mol. The molecule has 0 radical (unpaired) electrons. The number of ether oxygens (including phenoxy) is 1. The predicted molar refractivity (Wildman–Crippen MR) is 125 cm³/mol. The zero-order chi connectivity index (χ0) is 23.7. The highest BCUT2D eigenvalue weighted by atomic mass is 32.2. The molecule has 2 amide bonds. The molecule has 32 heavy (non-hydrogen) atoms. The van der Waals surface area contributed by atoms with Crippen LogP contribution < -0.4 is 14.4 Å². The molecule has 174 valence electrons. The normalized spacial score (nSPS) is 12.0. The Morgan fingerprint density at radius 1 is 1.03 bits per heavy atom. The Bertz CT molecular complexity index is 994. The molecule has 1 atom stereocenters. The summed E-state index contributed by atoms with van der Waals surface area (Å²) in [7, 11) is -2.16. The molecule has 2 aromatic carbocycles. The molecule has 9 heteroatoms. The van der Waals surface area contributed by atoms with Crippen LogP contribution in [0.15, 0.2) is 54.6 Å². The summed E-state index contributed by atoms with van der Waals surface area (Å²) in [4.78, 5) is 27.6. The minimum atomic E-state index is -3.72. The van der Waals surface area contributed by atoms with Gasteiger partial charge in [0.2, 0.25) is 21.8 Å². The minimum Gasteiger partial charge on any atom is -0.497 e. The first-order valence-corrected chi connectivity index (χ1v) is 12.3. The maximum Gasteiger partial charge on any atom is 0.244 e. The van der Waals surface area contributed by atoms with Crippen molar-refractivity contribution in [2.45, 2.75) is 32.9 Å². The molecule has 1 unspecified atom stereocenters. The zero-order valence-corrected chi connectivity index (χ0v) is 19.8. The first kappa shape index (κ1) is 25.2. The second-order valence-corrected chi connectivity index (χ2v) is 9.20. The van der Waals surface area contributed by atoms with Crippen LogP contribution in [-0.2, 0) is 26.2 Å². The number of hydrogen-bond acceptors (Lipinski definition) is 5. The van der Waals surface area contributed by atoms with Crippen molar-refractivity contribution in [1.29, 1.82) is 0 Å². The van der Waals surface area contributed by atoms with E-state index in [0.29, 0.717) is 24.4 Å². The van der Waals surface area contributed by atoms with Crippen molar-refractivity contribution in [3.05, 3.63) is 60.2 Å². The van der Waals surface area contributed by atoms with Crippen LogP contribution in [0.5, 0.6) is 5.75 Å². The number of amides is 2. The van der Waals surface area contributed by atoms with Crippen molar-refractivity contribution in [3.8, 4) is 5.75 Å². The average Bonchev–Trinajstić information content (AvgIpc) is 2.77. The number of likely N-dealkylation sites (N-methyl/N-ethyl adjacent to an activating group) is 1. The van der Waals surface area contributed by atoms with Crippen molar-refractivity contribution < 1.29 is 22.7 Å². The molecule has 8 nitrogen and oxygen atoms in total. The fourth-order valence-corrected chi connectivity index (χ4v) is 4.20. The highest BCUT2D eigenvalue weighted by Gasteiger charge is 2.31. The number of sulfonamides is 1. The van der Waals surface area contributed by atoms with Gasteiger partial charge in [-0.15, -0.1) is 0 Å². The van der Waals surface area contributed by atoms with E-state index in [-0.39, 0.29) is 12.5 Å². The van der Waals surface area contributed by atoms with Crippen LogP contribution >= 0.6 is 0 Å². The number of benzene rings is 2. The summed E-state index contributed by atoms with van der Waals surface area (Å²) in [5, 5.41) is 2.77. The van der Waals surface area contributed by atoms with E-state index >= 15 is 0 Å². The largest absolute Gasteiger partial charge is 0.497 e. The van der Waals surface area contributed by atoms with E-state index in [0.717, 1.165) is 16.1 Å². The topological polar surface area (TPSA) is 96.0 Å². The van der Waals surface area contributed by atoms with E-state index in [1.807, 2.05) is 19.1 Å². The molecule has 0 spiro atoms. The van der Waals surface area contributed by atoms with Crippen molar-refractivity contribution in [3.63, 3.8) is 0 Å². The van der Waals surface area contributed by atoms with E-state index in [1.165, 1.54) is 4.90 Å². The number of anilines is 1. The molecule has 0 saturated heterocycles. The maximum absolute atomic E-state index is 13.4. The van der Waals surface area contributed by atoms with Crippen LogP contribution in [0.3, 0.4) is 0 Å². The lowest BCUT2D eigenvalue weighted by molar-refractivity contribution is -0.140. The summed E-state index contributed by atoms with van der Waals surface area (Å²) in [6.07, 6.45) is 1.44. The first-order chi connectivity index (χ1) is 15.2. The third kappa shape index (κ3) is 6.71. The van der Waals surface area contributed by atoms with Crippen LogP contribution in [0.2, 0.25) is 0 Å². The smallest absolute Gasteiger partial charge is 0.244 e. The van der Waals surface area contributed by atoms with Gasteiger partial charge in [0, 0.05) is 13.1 Å². The molecule has 0 saturated carbocycles. The van der Waals surface area contributed by atoms with E-state index in [9.17, 15) is 18.0 Å². The zero-order valence-electron chi connectivity index (χ0n) is 18.9. The van der Waals surface area contributed by atoms with Gasteiger partial charge in [-0.25, -0.2) is 8.42 Å². The van der Waals surface area contributed by atoms with Crippen LogP contribution in [-0.4, -0.2) is 57.6 Å². The SMILES string of the molecule is CCNC(=O)C(CC)N(Cc1ccc(OC)cc1)C(=O)CN(c1ccccc1)S(C)(=O)=O. The molecule has 0 heterocycles. The predicted octanol–water partition coefficient (Wildman–Crippen LogP) is 2.40. The number of nitrogens with one attached hydrogen (secondary N) is 1. The molecule has 0 aliphatic heterocycles. The summed E-state index contributed by atoms with van der Waals surface area (Å²) in [6.45, 7) is 3.81. The van der Waals surface area contributed by atoms with E-state index < -0.39 is 28.5 Å². The van der Waals surface area contributed by atoms with Crippen LogP contribution in [0.4, 0.5) is 5.69 Å². The number of hydrogen-bond donors (Lipinski definition) is 1. The molecule has 0 aliphatic rings.